The van der Waals surface area contributed by atoms with Crippen molar-refractivity contribution in [3.8, 4) is 5.75 Å². The fourth-order valence-electron chi connectivity index (χ4n) is 2.51. The predicted molar refractivity (Wildman–Crippen MR) is 112 cm³/mol. The summed E-state index contributed by atoms with van der Waals surface area (Å²) < 4.78 is 21.4. The Morgan fingerprint density at radius 2 is 1.50 bits per heavy atom. The minimum Gasteiger partial charge on any atom is -0.463 e. The Kier molecular flexibility index (Phi) is 7.41. The van der Waals surface area contributed by atoms with E-state index in [0.717, 1.165) is 0 Å². The standard InChI is InChI=1S/C22H31NO9/c1-20(2,3)29-18(25)31-23(32-19(26)30-21(4,5)6)12-16(24)14-9-10-17-15(11-14)13-27-22(7,8)28-17/h9-11H,12-13H2,1-8H3. The highest BCUT2D eigenvalue weighted by Crippen LogP contribution is 2.31. The maximum atomic E-state index is 12.8. The second kappa shape index (κ2) is 9.33. The van der Waals surface area contributed by atoms with Crippen molar-refractivity contribution in [1.29, 1.82) is 0 Å². The molecule has 0 atom stereocenters. The third-order valence-corrected chi connectivity index (χ3v) is 3.72. The van der Waals surface area contributed by atoms with Crippen LogP contribution in [0.4, 0.5) is 9.59 Å². The molecule has 2 rings (SSSR count). The van der Waals surface area contributed by atoms with Gasteiger partial charge in [-0.05, 0) is 59.7 Å². The molecule has 0 N–H and O–H groups in total. The molecule has 0 unspecified atom stereocenters. The summed E-state index contributed by atoms with van der Waals surface area (Å²) >= 11 is 0. The van der Waals surface area contributed by atoms with Crippen LogP contribution in [0.5, 0.6) is 5.75 Å². The van der Waals surface area contributed by atoms with E-state index in [1.54, 1.807) is 73.6 Å². The normalized spacial score (nSPS) is 15.3. The van der Waals surface area contributed by atoms with Crippen molar-refractivity contribution in [1.82, 2.24) is 5.23 Å². The second-order valence-electron chi connectivity index (χ2n) is 9.64. The first-order valence-corrected chi connectivity index (χ1v) is 10.1. The Labute approximate surface area is 187 Å². The van der Waals surface area contributed by atoms with Crippen LogP contribution in [0, 0.1) is 0 Å². The average Bonchev–Trinajstić information content (AvgIpc) is 2.56. The summed E-state index contributed by atoms with van der Waals surface area (Å²) in [5.74, 6) is -0.660. The monoisotopic (exact) mass is 453 g/mol. The molecule has 32 heavy (non-hydrogen) atoms. The second-order valence-corrected chi connectivity index (χ2v) is 9.64. The first-order valence-electron chi connectivity index (χ1n) is 10.1. The van der Waals surface area contributed by atoms with Crippen molar-refractivity contribution in [3.05, 3.63) is 29.3 Å². The van der Waals surface area contributed by atoms with E-state index in [2.05, 4.69) is 0 Å². The molecular weight excluding hydrogens is 422 g/mol. The quantitative estimate of drug-likeness (QED) is 0.358. The van der Waals surface area contributed by atoms with Crippen molar-refractivity contribution >= 4 is 18.1 Å². The Hall–Kier alpha value is -2.85. The zero-order chi connectivity index (χ0) is 24.3. The number of carbonyl (C=O) groups excluding carboxylic acids is 3. The Morgan fingerprint density at radius 1 is 0.969 bits per heavy atom. The summed E-state index contributed by atoms with van der Waals surface area (Å²) in [6.45, 7) is 13.1. The molecule has 0 aliphatic carbocycles. The van der Waals surface area contributed by atoms with E-state index in [9.17, 15) is 14.4 Å². The van der Waals surface area contributed by atoms with Gasteiger partial charge in [-0.1, -0.05) is 0 Å². The lowest BCUT2D eigenvalue weighted by Crippen LogP contribution is -2.38. The van der Waals surface area contributed by atoms with E-state index < -0.39 is 41.6 Å². The number of ketones is 1. The van der Waals surface area contributed by atoms with Gasteiger partial charge in [0.15, 0.2) is 5.78 Å². The molecule has 1 aromatic rings. The van der Waals surface area contributed by atoms with Crippen LogP contribution in [0.15, 0.2) is 18.2 Å². The van der Waals surface area contributed by atoms with Gasteiger partial charge in [0.05, 0.1) is 6.61 Å². The number of hydrogen-bond acceptors (Lipinski definition) is 10. The Morgan fingerprint density at radius 3 is 2.00 bits per heavy atom. The van der Waals surface area contributed by atoms with Crippen molar-refractivity contribution in [2.45, 2.75) is 79.0 Å². The summed E-state index contributed by atoms with van der Waals surface area (Å²) in [5.41, 5.74) is -0.750. The van der Waals surface area contributed by atoms with E-state index in [-0.39, 0.29) is 12.2 Å². The Balaban J connectivity index is 2.14. The summed E-state index contributed by atoms with van der Waals surface area (Å²) in [5, 5.41) is 0.431. The molecule has 1 aliphatic rings. The molecule has 0 saturated heterocycles. The minimum atomic E-state index is -1.15. The number of ether oxygens (including phenoxy) is 4. The van der Waals surface area contributed by atoms with E-state index in [1.807, 2.05) is 0 Å². The minimum absolute atomic E-state index is 0.260. The zero-order valence-corrected chi connectivity index (χ0v) is 19.8. The van der Waals surface area contributed by atoms with Crippen LogP contribution in [0.25, 0.3) is 0 Å². The van der Waals surface area contributed by atoms with Crippen LogP contribution in [0.3, 0.4) is 0 Å². The van der Waals surface area contributed by atoms with Gasteiger partial charge in [-0.3, -0.25) is 14.5 Å². The fraction of sp³-hybridized carbons (Fsp3) is 0.591. The van der Waals surface area contributed by atoms with Crippen LogP contribution in [0.2, 0.25) is 0 Å². The molecule has 0 fully saturated rings. The lowest BCUT2D eigenvalue weighted by molar-refractivity contribution is -0.312. The number of fused-ring (bicyclic) bond motifs is 1. The summed E-state index contributed by atoms with van der Waals surface area (Å²) in [6.07, 6.45) is -2.30. The fourth-order valence-corrected chi connectivity index (χ4v) is 2.51. The average molecular weight is 453 g/mol. The van der Waals surface area contributed by atoms with Crippen LogP contribution in [-0.2, 0) is 30.5 Å². The topological polar surface area (TPSA) is 110 Å². The SMILES string of the molecule is CC(C)(C)OC(=O)ON(CC(=O)c1ccc2c(c1)COC(C)(C)O2)OC(=O)OC(C)(C)C. The summed E-state index contributed by atoms with van der Waals surface area (Å²) in [4.78, 5) is 46.7. The highest BCUT2D eigenvalue weighted by atomic mass is 17.0. The van der Waals surface area contributed by atoms with Gasteiger partial charge >= 0.3 is 12.3 Å². The third kappa shape index (κ3) is 8.35. The van der Waals surface area contributed by atoms with Gasteiger partial charge in [-0.25, -0.2) is 9.59 Å². The van der Waals surface area contributed by atoms with Gasteiger partial charge in [0.25, 0.3) is 0 Å². The molecule has 0 bridgehead atoms. The number of benzene rings is 1. The highest BCUT2D eigenvalue weighted by Gasteiger charge is 2.30. The van der Waals surface area contributed by atoms with Crippen molar-refractivity contribution in [3.63, 3.8) is 0 Å². The van der Waals surface area contributed by atoms with Gasteiger partial charge in [0.1, 0.15) is 23.5 Å². The van der Waals surface area contributed by atoms with Crippen molar-refractivity contribution < 1.29 is 43.0 Å². The van der Waals surface area contributed by atoms with E-state index in [4.69, 9.17) is 28.6 Å². The molecule has 0 spiro atoms. The summed E-state index contributed by atoms with van der Waals surface area (Å²) in [6, 6.07) is 4.81. The molecule has 0 radical (unpaired) electrons. The molecule has 178 valence electrons. The van der Waals surface area contributed by atoms with Crippen molar-refractivity contribution in [2.75, 3.05) is 6.54 Å². The number of hydroxylamine groups is 2. The molecule has 10 nitrogen and oxygen atoms in total. The van der Waals surface area contributed by atoms with Crippen LogP contribution in [-0.4, -0.2) is 46.9 Å². The zero-order valence-electron chi connectivity index (χ0n) is 19.8. The van der Waals surface area contributed by atoms with Crippen LogP contribution < -0.4 is 4.74 Å². The lowest BCUT2D eigenvalue weighted by atomic mass is 10.1. The third-order valence-electron chi connectivity index (χ3n) is 3.72. The number of nitrogens with zero attached hydrogens (tertiary/aromatic N) is 1. The highest BCUT2D eigenvalue weighted by molar-refractivity contribution is 5.98. The summed E-state index contributed by atoms with van der Waals surface area (Å²) in [7, 11) is 0. The van der Waals surface area contributed by atoms with Gasteiger partial charge < -0.3 is 18.9 Å². The van der Waals surface area contributed by atoms with Gasteiger partial charge in [0.2, 0.25) is 5.79 Å². The smallest absolute Gasteiger partial charge is 0.463 e. The predicted octanol–water partition coefficient (Wildman–Crippen LogP) is 4.55. The van der Waals surface area contributed by atoms with Gasteiger partial charge in [-0.2, -0.15) is 0 Å². The molecule has 1 aliphatic heterocycles. The lowest BCUT2D eigenvalue weighted by Gasteiger charge is -2.32. The van der Waals surface area contributed by atoms with Crippen LogP contribution >= 0.6 is 0 Å². The maximum absolute atomic E-state index is 12.8. The number of Topliss-reactive ketones (excluding diaryl/α,β-unsaturated/α-hetero) is 1. The molecule has 0 aromatic heterocycles. The number of hydrogen-bond donors (Lipinski definition) is 0. The number of carbonyl (C=O) groups is 3. The van der Waals surface area contributed by atoms with Gasteiger partial charge in [-0.15, -0.1) is 0 Å². The van der Waals surface area contributed by atoms with Crippen molar-refractivity contribution in [2.24, 2.45) is 0 Å². The van der Waals surface area contributed by atoms with E-state index in [1.165, 1.54) is 0 Å². The van der Waals surface area contributed by atoms with Gasteiger partial charge in [0, 0.05) is 30.2 Å². The molecule has 1 heterocycles. The first-order chi connectivity index (χ1) is 14.5. The van der Waals surface area contributed by atoms with E-state index >= 15 is 0 Å². The molecule has 1 aromatic carbocycles. The maximum Gasteiger partial charge on any atom is 0.531 e. The first kappa shape index (κ1) is 25.4. The molecular formula is C22H31NO9. The molecule has 0 amide bonds. The van der Waals surface area contributed by atoms with Crippen LogP contribution in [0.1, 0.15) is 71.3 Å². The number of rotatable bonds is 5. The molecule has 10 heteroatoms. The largest absolute Gasteiger partial charge is 0.531 e. The molecule has 0 saturated carbocycles. The van der Waals surface area contributed by atoms with E-state index in [0.29, 0.717) is 16.5 Å². The Bertz CT molecular complexity index is 835.